The fourth-order valence-corrected chi connectivity index (χ4v) is 2.74. The van der Waals surface area contributed by atoms with Gasteiger partial charge >= 0.3 is 66.3 Å². The molecule has 0 amide bonds. The zero-order valence-electron chi connectivity index (χ0n) is 6.58. The van der Waals surface area contributed by atoms with Crippen molar-refractivity contribution in [3.05, 3.63) is 0 Å². The van der Waals surface area contributed by atoms with Gasteiger partial charge in [0.1, 0.15) is 0 Å². The van der Waals surface area contributed by atoms with E-state index in [4.69, 9.17) is 0 Å². The summed E-state index contributed by atoms with van der Waals surface area (Å²) < 4.78 is 9.00. The van der Waals surface area contributed by atoms with Gasteiger partial charge < -0.3 is 0 Å². The van der Waals surface area contributed by atoms with Gasteiger partial charge in [0.15, 0.2) is 0 Å². The molecule has 0 radical (unpaired) electrons. The van der Waals surface area contributed by atoms with E-state index >= 15 is 0 Å². The van der Waals surface area contributed by atoms with Gasteiger partial charge in [-0.15, -0.1) is 0 Å². The summed E-state index contributed by atoms with van der Waals surface area (Å²) in [6.07, 6.45) is 0. The van der Waals surface area contributed by atoms with E-state index in [9.17, 15) is 18.1 Å². The van der Waals surface area contributed by atoms with Crippen LogP contribution >= 0.6 is 0 Å². The van der Waals surface area contributed by atoms with E-state index in [-0.39, 0.29) is 0 Å². The summed E-state index contributed by atoms with van der Waals surface area (Å²) in [6.45, 7) is 3.05. The Morgan fingerprint density at radius 2 is 1.00 bits per heavy atom. The summed E-state index contributed by atoms with van der Waals surface area (Å²) in [7, 11) is 0. The van der Waals surface area contributed by atoms with Crippen LogP contribution in [0.1, 0.15) is 20.8 Å². The van der Waals surface area contributed by atoms with Crippen LogP contribution in [0.25, 0.3) is 0 Å². The Morgan fingerprint density at radius 3 is 1.00 bits per heavy atom. The van der Waals surface area contributed by atoms with Crippen LogP contribution < -0.4 is 0 Å². The van der Waals surface area contributed by atoms with Crippen LogP contribution in [0, 0.1) is 0 Å². The molecule has 0 aliphatic heterocycles. The zero-order chi connectivity index (χ0) is 9.23. The van der Waals surface area contributed by atoms with Crippen LogP contribution in [0.4, 0.5) is 0 Å². The van der Waals surface area contributed by atoms with Crippen LogP contribution in [0.15, 0.2) is 0 Å². The van der Waals surface area contributed by atoms with Crippen LogP contribution in [0.2, 0.25) is 0 Å². The molecule has 0 fully saturated rings. The maximum atomic E-state index is 11.3. The van der Waals surface area contributed by atoms with Gasteiger partial charge in [0.05, 0.1) is 0 Å². The minimum atomic E-state index is -4.50. The van der Waals surface area contributed by atoms with Crippen molar-refractivity contribution in [2.75, 3.05) is 0 Å². The molecule has 0 N–H and O–H groups in total. The first-order chi connectivity index (χ1) is 4.83. The molecule has 11 heavy (non-hydrogen) atoms. The molecule has 0 heterocycles. The van der Waals surface area contributed by atoms with E-state index in [1.54, 1.807) is 0 Å². The fourth-order valence-electron chi connectivity index (χ4n) is 0.665. The maximum absolute atomic E-state index is 11.3. The molecule has 0 aromatic rings. The molecular weight excluding hydrogens is 187 g/mol. The van der Waals surface area contributed by atoms with E-state index in [0.717, 1.165) is 20.8 Å². The van der Waals surface area contributed by atoms with E-state index in [1.807, 2.05) is 0 Å². The standard InChI is InChI=1S/3C2H3O.O.V/c3*1-2-3;;/h3*1H3;;. The van der Waals surface area contributed by atoms with Gasteiger partial charge in [-0.05, 0) is 0 Å². The van der Waals surface area contributed by atoms with E-state index < -0.39 is 27.5 Å². The molecule has 0 rings (SSSR count). The Labute approximate surface area is 66.8 Å². The second kappa shape index (κ2) is 3.19. The summed E-state index contributed by atoms with van der Waals surface area (Å²) in [5.74, 6) is 0. The average molecular weight is 196 g/mol. The van der Waals surface area contributed by atoms with Gasteiger partial charge in [0.25, 0.3) is 0 Å². The Balaban J connectivity index is 5.18. The van der Waals surface area contributed by atoms with Crippen molar-refractivity contribution in [1.29, 1.82) is 0 Å². The Morgan fingerprint density at radius 1 is 0.818 bits per heavy atom. The Bertz CT molecular complexity index is 223. The van der Waals surface area contributed by atoms with Crippen LogP contribution in [-0.2, 0) is 32.0 Å². The van der Waals surface area contributed by atoms with Crippen LogP contribution in [0.5, 0.6) is 0 Å². The minimum absolute atomic E-state index is 0.775. The molecular formula is C6H9O4V. The zero-order valence-corrected chi connectivity index (χ0v) is 7.98. The van der Waals surface area contributed by atoms with E-state index in [2.05, 4.69) is 0 Å². The topological polar surface area (TPSA) is 68.3 Å². The summed E-state index contributed by atoms with van der Waals surface area (Å²) in [5.41, 5.74) is 0. The van der Waals surface area contributed by atoms with Crippen LogP contribution in [0.3, 0.4) is 0 Å². The van der Waals surface area contributed by atoms with Gasteiger partial charge in [-0.25, -0.2) is 0 Å². The molecule has 0 atom stereocenters. The second-order valence-corrected chi connectivity index (χ2v) is 7.02. The summed E-state index contributed by atoms with van der Waals surface area (Å²) in [4.78, 5) is 32.0. The van der Waals surface area contributed by atoms with Gasteiger partial charge in [0.2, 0.25) is 0 Å². The summed E-state index contributed by atoms with van der Waals surface area (Å²) in [5, 5.41) is 0. The van der Waals surface area contributed by atoms with E-state index in [0.29, 0.717) is 0 Å². The Hall–Kier alpha value is -0.606. The number of carbonyl (C=O) groups is 3. The molecule has 0 unspecified atom stereocenters. The van der Waals surface area contributed by atoms with Crippen LogP contribution in [-0.4, -0.2) is 13.5 Å². The normalized spacial score (nSPS) is 10.8. The third kappa shape index (κ3) is 1.70. The molecule has 0 aliphatic carbocycles. The summed E-state index contributed by atoms with van der Waals surface area (Å²) >= 11 is -4.50. The summed E-state index contributed by atoms with van der Waals surface area (Å²) in [6, 6.07) is 0. The molecule has 0 aliphatic rings. The van der Waals surface area contributed by atoms with Gasteiger partial charge in [0, 0.05) is 0 Å². The van der Waals surface area contributed by atoms with Gasteiger partial charge in [-0.2, -0.15) is 0 Å². The number of hydrogen-bond donors (Lipinski definition) is 0. The SMILES string of the molecule is C[C](=O)[V](=[O])([C](C)=O)[C](C)=O. The Kier molecular flexibility index (Phi) is 3.02. The number of carbonyl (C=O) groups excluding carboxylic acids is 3. The van der Waals surface area contributed by atoms with Gasteiger partial charge in [-0.3, -0.25) is 0 Å². The van der Waals surface area contributed by atoms with Crippen molar-refractivity contribution in [3.63, 3.8) is 0 Å². The molecule has 0 bridgehead atoms. The van der Waals surface area contributed by atoms with Crippen molar-refractivity contribution < 1.29 is 32.0 Å². The monoisotopic (exact) mass is 196 g/mol. The molecule has 0 aromatic heterocycles. The number of rotatable bonds is 3. The van der Waals surface area contributed by atoms with E-state index in [1.165, 1.54) is 0 Å². The first-order valence-corrected chi connectivity index (χ1v) is 5.63. The fraction of sp³-hybridized carbons (Fsp3) is 0.500. The quantitative estimate of drug-likeness (QED) is 0.643. The third-order valence-electron chi connectivity index (χ3n) is 1.33. The molecule has 0 saturated carbocycles. The predicted octanol–water partition coefficient (Wildman–Crippen LogP) is 0.125. The second-order valence-electron chi connectivity index (χ2n) is 2.17. The molecule has 4 nitrogen and oxygen atoms in total. The molecule has 0 spiro atoms. The first kappa shape index (κ1) is 10.4. The molecule has 0 saturated heterocycles. The van der Waals surface area contributed by atoms with Crippen molar-refractivity contribution >= 4 is 13.5 Å². The van der Waals surface area contributed by atoms with Crippen molar-refractivity contribution in [1.82, 2.24) is 0 Å². The molecule has 5 heteroatoms. The van der Waals surface area contributed by atoms with Crippen molar-refractivity contribution in [3.8, 4) is 0 Å². The predicted molar refractivity (Wildman–Crippen MR) is 32.7 cm³/mol. The molecule has 0 aromatic carbocycles. The van der Waals surface area contributed by atoms with Gasteiger partial charge in [-0.1, -0.05) is 0 Å². The van der Waals surface area contributed by atoms with Crippen molar-refractivity contribution in [2.45, 2.75) is 20.8 Å². The number of hydrogen-bond acceptors (Lipinski definition) is 4. The average Bonchev–Trinajstić information content (AvgIpc) is 1.84. The van der Waals surface area contributed by atoms with Crippen molar-refractivity contribution in [2.24, 2.45) is 0 Å². The first-order valence-electron chi connectivity index (χ1n) is 2.97. The third-order valence-corrected chi connectivity index (χ3v) is 5.49. The molecule has 62 valence electrons.